The molecule has 19 heteroatoms. The van der Waals surface area contributed by atoms with Gasteiger partial charge >= 0.3 is 0 Å². The quantitative estimate of drug-likeness (QED) is 0.0381. The molecule has 1 aliphatic heterocycles. The Balaban J connectivity index is 0.637. The van der Waals surface area contributed by atoms with Gasteiger partial charge in [-0.3, -0.25) is 33.5 Å². The van der Waals surface area contributed by atoms with Crippen LogP contribution in [0, 0.1) is 30.0 Å². The summed E-state index contributed by atoms with van der Waals surface area (Å²) in [5.74, 6) is -2.07. The number of hydrogen-bond donors (Lipinski definition) is 5. The van der Waals surface area contributed by atoms with E-state index in [4.69, 9.17) is 4.98 Å². The molecule has 0 spiro atoms. The summed E-state index contributed by atoms with van der Waals surface area (Å²) in [5, 5.41) is 26.7. The Kier molecular flexibility index (Phi) is 17.6. The monoisotopic (exact) mass is 1070 g/mol. The zero-order chi connectivity index (χ0) is 54.2. The highest BCUT2D eigenvalue weighted by Crippen LogP contribution is 2.41. The van der Waals surface area contributed by atoms with Crippen LogP contribution in [0.2, 0.25) is 0 Å². The molecule has 17 nitrogen and oxygen atoms in total. The van der Waals surface area contributed by atoms with Gasteiger partial charge in [-0.1, -0.05) is 83.6 Å². The number of carbonyl (C=O) groups is 5. The van der Waals surface area contributed by atoms with Crippen molar-refractivity contribution in [1.29, 1.82) is 0 Å². The molecule has 2 saturated carbocycles. The van der Waals surface area contributed by atoms with E-state index in [0.717, 1.165) is 96.4 Å². The van der Waals surface area contributed by atoms with Gasteiger partial charge in [0.1, 0.15) is 5.82 Å². The first-order chi connectivity index (χ1) is 37.1. The first-order valence-electron chi connectivity index (χ1n) is 27.4. The Labute approximate surface area is 453 Å². The van der Waals surface area contributed by atoms with Gasteiger partial charge in [-0.15, -0.1) is 11.3 Å². The van der Waals surface area contributed by atoms with Gasteiger partial charge in [0.25, 0.3) is 5.91 Å². The van der Waals surface area contributed by atoms with E-state index in [-0.39, 0.29) is 53.5 Å². The van der Waals surface area contributed by atoms with E-state index in [2.05, 4.69) is 36.1 Å². The molecular weight excluding hydrogens is 998 g/mol. The number of aliphatic hydroxyl groups excluding tert-OH is 1. The first kappa shape index (κ1) is 54.9. The third kappa shape index (κ3) is 13.6. The molecule has 1 unspecified atom stereocenters. The topological polar surface area (TPSA) is 220 Å². The zero-order valence-corrected chi connectivity index (χ0v) is 45.5. The van der Waals surface area contributed by atoms with Crippen LogP contribution >= 0.6 is 11.3 Å². The average Bonchev–Trinajstić information content (AvgIpc) is 3.74. The Morgan fingerprint density at radius 3 is 2.18 bits per heavy atom. The molecule has 5 heterocycles. The van der Waals surface area contributed by atoms with Crippen molar-refractivity contribution in [1.82, 2.24) is 50.0 Å². The number of anilines is 2. The van der Waals surface area contributed by atoms with Crippen molar-refractivity contribution in [2.75, 3.05) is 31.5 Å². The number of halogens is 1. The summed E-state index contributed by atoms with van der Waals surface area (Å²) in [7, 11) is 0. The van der Waals surface area contributed by atoms with E-state index in [9.17, 15) is 29.1 Å². The number of H-pyrrole nitrogens is 1. The predicted octanol–water partition coefficient (Wildman–Crippen LogP) is 9.30. The lowest BCUT2D eigenvalue weighted by Crippen LogP contribution is -2.52. The second-order valence-corrected chi connectivity index (χ2v) is 23.1. The number of hydrogen-bond acceptors (Lipinski definition) is 12. The van der Waals surface area contributed by atoms with Crippen molar-refractivity contribution in [3.63, 3.8) is 0 Å². The molecule has 4 amide bonds. The number of aliphatic hydroxyl groups is 1. The number of piperazine rings is 1. The third-order valence-corrected chi connectivity index (χ3v) is 16.3. The number of aromatic nitrogens is 6. The number of thiazole rings is 1. The smallest absolute Gasteiger partial charge is 0.254 e. The van der Waals surface area contributed by atoms with E-state index in [1.807, 2.05) is 73.0 Å². The number of nitrogens with one attached hydrogen (secondary N) is 4. The summed E-state index contributed by atoms with van der Waals surface area (Å²) in [6.45, 7) is 9.60. The molecule has 9 rings (SSSR count). The van der Waals surface area contributed by atoms with Crippen molar-refractivity contribution in [3.05, 3.63) is 101 Å². The van der Waals surface area contributed by atoms with Crippen LogP contribution in [0.15, 0.2) is 72.8 Å². The molecule has 5 N–H and O–H groups in total. The number of rotatable bonds is 23. The number of aromatic amines is 1. The highest BCUT2D eigenvalue weighted by Gasteiger charge is 2.47. The fourth-order valence-electron chi connectivity index (χ4n) is 10.7. The van der Waals surface area contributed by atoms with Crippen molar-refractivity contribution in [2.24, 2.45) is 17.3 Å². The maximum atomic E-state index is 15.7. The molecule has 3 fully saturated rings. The lowest BCUT2D eigenvalue weighted by molar-refractivity contribution is -0.137. The zero-order valence-electron chi connectivity index (χ0n) is 44.7. The first-order valence-corrected chi connectivity index (χ1v) is 28.3. The summed E-state index contributed by atoms with van der Waals surface area (Å²) >= 11 is 1.58. The Morgan fingerprint density at radius 1 is 0.844 bits per heavy atom. The largest absolute Gasteiger partial charge is 0.393 e. The van der Waals surface area contributed by atoms with Crippen LogP contribution in [0.3, 0.4) is 0 Å². The predicted molar refractivity (Wildman–Crippen MR) is 294 cm³/mol. The van der Waals surface area contributed by atoms with Gasteiger partial charge < -0.3 is 30.9 Å². The number of nitrogens with zero attached hydrogens (tertiary/aromatic N) is 7. The molecular formula is C58H72FN11O6S. The van der Waals surface area contributed by atoms with Crippen LogP contribution < -0.4 is 16.0 Å². The van der Waals surface area contributed by atoms with Crippen LogP contribution in [0.4, 0.5) is 15.9 Å². The van der Waals surface area contributed by atoms with Gasteiger partial charge in [0.2, 0.25) is 17.7 Å². The lowest BCUT2D eigenvalue weighted by atomic mass is 9.77. The normalized spacial score (nSPS) is 18.1. The molecule has 0 bridgehead atoms. The Morgan fingerprint density at radius 2 is 1.53 bits per heavy atom. The van der Waals surface area contributed by atoms with Gasteiger partial charge in [0.05, 0.1) is 63.6 Å². The number of benzene rings is 2. The molecule has 6 aromatic rings. The molecule has 2 aromatic carbocycles. The van der Waals surface area contributed by atoms with Gasteiger partial charge in [-0.05, 0) is 80.2 Å². The Bertz CT molecular complexity index is 3030. The van der Waals surface area contributed by atoms with E-state index in [0.29, 0.717) is 69.4 Å². The molecule has 3 aliphatic rings. The Hall–Kier alpha value is -6.86. The number of ketones is 1. The van der Waals surface area contributed by atoms with Crippen LogP contribution in [0.25, 0.3) is 27.3 Å². The number of aryl methyl sites for hydroxylation is 1. The van der Waals surface area contributed by atoms with E-state index >= 15 is 4.39 Å². The molecule has 0 radical (unpaired) electrons. The summed E-state index contributed by atoms with van der Waals surface area (Å²) in [5.41, 5.74) is 7.77. The van der Waals surface area contributed by atoms with Crippen LogP contribution in [-0.4, -0.2) is 112 Å². The molecule has 4 aromatic heterocycles. The SMILES string of the molecule is Cc1ncsc1-c1ccc(CNC(=O)[C@@H]2C[C@H](O)CC2C(=O)[C@@H](NC(=O)CCCCCCCCCCC(=O)N2CCN(C(=O)c3ccc(Nc4nc(C5CC5)cn5c(-c6cn[nH]c6)cnc45)c(F)c3)CC2)C(C)(C)C)cc1. The van der Waals surface area contributed by atoms with Gasteiger partial charge in [0.15, 0.2) is 17.2 Å². The lowest BCUT2D eigenvalue weighted by Gasteiger charge is -2.35. The third-order valence-electron chi connectivity index (χ3n) is 15.4. The number of Topliss-reactive ketones (excluding diaryl/α,β-unsaturated/α-hetero) is 1. The van der Waals surface area contributed by atoms with E-state index < -0.39 is 35.2 Å². The molecule has 1 saturated heterocycles. The molecule has 2 aliphatic carbocycles. The summed E-state index contributed by atoms with van der Waals surface area (Å²) < 4.78 is 17.6. The minimum atomic E-state index is -0.798. The summed E-state index contributed by atoms with van der Waals surface area (Å²) in [6.07, 6.45) is 17.0. The second kappa shape index (κ2) is 24.6. The van der Waals surface area contributed by atoms with Gasteiger partial charge in [-0.25, -0.2) is 19.3 Å². The van der Waals surface area contributed by atoms with Gasteiger partial charge in [0, 0.05) is 80.9 Å². The van der Waals surface area contributed by atoms with Crippen molar-refractivity contribution < 1.29 is 33.5 Å². The number of carbonyl (C=O) groups excluding carboxylic acids is 5. The standard InChI is InChI=1S/C58H72FN11O6S/c1-36-52(77-35-62-36)39-17-15-37(16-18-39)30-61-56(75)44-29-42(71)28-43(44)51(74)53(58(2,3)4)67-49(72)13-11-9-7-5-6-8-10-12-14-50(73)68-23-25-69(26-24-68)57(76)40-21-22-46(45(59)27-40)65-54-55-60-33-48(41-31-63-64-32-41)70(55)34-47(66-54)38-19-20-38/h15-18,21-22,27,31-35,38,42-44,53,71H,5-14,19-20,23-26,28-30H2,1-4H3,(H,61,75)(H,63,64)(H,65,66)(H,67,72)/t42-,43?,44-,53-/m1/s1. The maximum absolute atomic E-state index is 15.7. The molecule has 77 heavy (non-hydrogen) atoms. The highest BCUT2D eigenvalue weighted by atomic mass is 32.1. The summed E-state index contributed by atoms with van der Waals surface area (Å²) in [4.78, 5) is 85.8. The number of amides is 4. The average molecular weight is 1070 g/mol. The number of fused-ring (bicyclic) bond motifs is 1. The van der Waals surface area contributed by atoms with Crippen LogP contribution in [-0.2, 0) is 25.7 Å². The fraction of sp³-hybridized carbons (Fsp3) is 0.500. The number of unbranched alkanes of at least 4 members (excludes halogenated alkanes) is 7. The van der Waals surface area contributed by atoms with E-state index in [1.165, 1.54) is 6.07 Å². The number of imidazole rings is 1. The van der Waals surface area contributed by atoms with Crippen LogP contribution in [0.1, 0.15) is 144 Å². The minimum absolute atomic E-state index is 0.0810. The maximum Gasteiger partial charge on any atom is 0.254 e. The fourth-order valence-corrected chi connectivity index (χ4v) is 11.5. The van der Waals surface area contributed by atoms with Crippen molar-refractivity contribution >= 4 is 57.9 Å². The van der Waals surface area contributed by atoms with Crippen molar-refractivity contribution in [3.8, 4) is 21.7 Å². The van der Waals surface area contributed by atoms with Crippen molar-refractivity contribution in [2.45, 2.75) is 142 Å². The second-order valence-electron chi connectivity index (χ2n) is 22.2. The van der Waals surface area contributed by atoms with Gasteiger partial charge in [-0.2, -0.15) is 5.10 Å². The molecule has 408 valence electrons. The van der Waals surface area contributed by atoms with Crippen LogP contribution in [0.5, 0.6) is 0 Å². The molecule has 4 atom stereocenters. The highest BCUT2D eigenvalue weighted by molar-refractivity contribution is 7.13. The summed E-state index contributed by atoms with van der Waals surface area (Å²) in [6, 6.07) is 11.6. The minimum Gasteiger partial charge on any atom is -0.393 e. The van der Waals surface area contributed by atoms with E-state index in [1.54, 1.807) is 47.0 Å².